The minimum atomic E-state index is -0.451. The Balaban J connectivity index is 2.32. The SMILES string of the molecule is CSc1c(N2CCC(N)CC2)sc(C(N)=O)c1N. The maximum atomic E-state index is 11.3. The molecular formula is C11H18N4OS2. The molecule has 100 valence electrons. The van der Waals surface area contributed by atoms with Gasteiger partial charge in [0.1, 0.15) is 9.88 Å². The minimum Gasteiger partial charge on any atom is -0.396 e. The highest BCUT2D eigenvalue weighted by atomic mass is 32.2. The van der Waals surface area contributed by atoms with E-state index < -0.39 is 5.91 Å². The van der Waals surface area contributed by atoms with E-state index in [9.17, 15) is 4.79 Å². The van der Waals surface area contributed by atoms with Crippen molar-refractivity contribution in [1.29, 1.82) is 0 Å². The van der Waals surface area contributed by atoms with Crippen LogP contribution in [0.5, 0.6) is 0 Å². The van der Waals surface area contributed by atoms with Crippen LogP contribution in [-0.4, -0.2) is 31.3 Å². The molecule has 7 heteroatoms. The van der Waals surface area contributed by atoms with Crippen molar-refractivity contribution in [3.05, 3.63) is 4.88 Å². The summed E-state index contributed by atoms with van der Waals surface area (Å²) in [6.07, 6.45) is 3.90. The van der Waals surface area contributed by atoms with Gasteiger partial charge in [0.15, 0.2) is 0 Å². The molecule has 0 radical (unpaired) electrons. The van der Waals surface area contributed by atoms with Crippen molar-refractivity contribution >= 4 is 39.7 Å². The first-order valence-electron chi connectivity index (χ1n) is 5.81. The summed E-state index contributed by atoms with van der Waals surface area (Å²) in [7, 11) is 0. The fourth-order valence-electron chi connectivity index (χ4n) is 2.11. The molecule has 1 aromatic rings. The van der Waals surface area contributed by atoms with E-state index in [0.29, 0.717) is 10.6 Å². The van der Waals surface area contributed by atoms with Crippen LogP contribution in [0.15, 0.2) is 4.90 Å². The first kappa shape index (κ1) is 13.5. The van der Waals surface area contributed by atoms with Crippen molar-refractivity contribution in [2.24, 2.45) is 11.5 Å². The van der Waals surface area contributed by atoms with Crippen molar-refractivity contribution in [3.63, 3.8) is 0 Å². The number of primary amides is 1. The number of hydrogen-bond acceptors (Lipinski definition) is 6. The molecule has 0 atom stereocenters. The molecule has 5 nitrogen and oxygen atoms in total. The summed E-state index contributed by atoms with van der Waals surface area (Å²) in [4.78, 5) is 15.0. The molecule has 0 aromatic carbocycles. The van der Waals surface area contributed by atoms with E-state index in [1.54, 1.807) is 11.8 Å². The van der Waals surface area contributed by atoms with E-state index in [2.05, 4.69) is 4.90 Å². The normalized spacial score (nSPS) is 17.1. The van der Waals surface area contributed by atoms with Crippen LogP contribution in [0.25, 0.3) is 0 Å². The zero-order chi connectivity index (χ0) is 13.3. The first-order chi connectivity index (χ1) is 8.54. The molecule has 1 aliphatic heterocycles. The van der Waals surface area contributed by atoms with E-state index in [-0.39, 0.29) is 6.04 Å². The summed E-state index contributed by atoms with van der Waals surface area (Å²) in [5.74, 6) is -0.451. The fourth-order valence-corrected chi connectivity index (χ4v) is 4.19. The van der Waals surface area contributed by atoms with Crippen molar-refractivity contribution in [2.75, 3.05) is 30.0 Å². The number of carbonyl (C=O) groups is 1. The minimum absolute atomic E-state index is 0.284. The highest BCUT2D eigenvalue weighted by Gasteiger charge is 2.25. The van der Waals surface area contributed by atoms with Gasteiger partial charge in [-0.05, 0) is 19.1 Å². The maximum Gasteiger partial charge on any atom is 0.261 e. The van der Waals surface area contributed by atoms with Crippen LogP contribution in [-0.2, 0) is 0 Å². The second-order valence-corrected chi connectivity index (χ2v) is 6.19. The van der Waals surface area contributed by atoms with Gasteiger partial charge in [-0.2, -0.15) is 0 Å². The zero-order valence-electron chi connectivity index (χ0n) is 10.3. The summed E-state index contributed by atoms with van der Waals surface area (Å²) in [5, 5.41) is 1.06. The molecule has 2 heterocycles. The summed E-state index contributed by atoms with van der Waals surface area (Å²) in [6, 6.07) is 0.284. The summed E-state index contributed by atoms with van der Waals surface area (Å²) in [6.45, 7) is 1.82. The van der Waals surface area contributed by atoms with Gasteiger partial charge >= 0.3 is 0 Å². The number of carbonyl (C=O) groups excluding carboxylic acids is 1. The average Bonchev–Trinajstić information content (AvgIpc) is 2.67. The van der Waals surface area contributed by atoms with Gasteiger partial charge in [0.25, 0.3) is 5.91 Å². The lowest BCUT2D eigenvalue weighted by molar-refractivity contribution is 0.100. The Kier molecular flexibility index (Phi) is 4.04. The van der Waals surface area contributed by atoms with Crippen molar-refractivity contribution in [2.45, 2.75) is 23.8 Å². The van der Waals surface area contributed by atoms with Gasteiger partial charge in [-0.25, -0.2) is 0 Å². The molecule has 0 saturated carbocycles. The predicted octanol–water partition coefficient (Wildman–Crippen LogP) is 1.08. The Labute approximate surface area is 115 Å². The van der Waals surface area contributed by atoms with E-state index in [4.69, 9.17) is 17.2 Å². The van der Waals surface area contributed by atoms with Gasteiger partial charge in [0, 0.05) is 19.1 Å². The summed E-state index contributed by atoms with van der Waals surface area (Å²) >= 11 is 2.95. The lowest BCUT2D eigenvalue weighted by Gasteiger charge is -2.31. The molecule has 6 N–H and O–H groups in total. The molecule has 0 aliphatic carbocycles. The molecule has 1 fully saturated rings. The molecule has 1 amide bonds. The number of nitrogens with two attached hydrogens (primary N) is 3. The highest BCUT2D eigenvalue weighted by molar-refractivity contribution is 7.99. The van der Waals surface area contributed by atoms with Crippen molar-refractivity contribution in [1.82, 2.24) is 0 Å². The average molecular weight is 286 g/mol. The topological polar surface area (TPSA) is 98.4 Å². The zero-order valence-corrected chi connectivity index (χ0v) is 11.9. The molecule has 0 unspecified atom stereocenters. The van der Waals surface area contributed by atoms with Crippen molar-refractivity contribution < 1.29 is 4.79 Å². The van der Waals surface area contributed by atoms with E-state index in [1.807, 2.05) is 6.26 Å². The number of rotatable bonds is 3. The largest absolute Gasteiger partial charge is 0.396 e. The van der Waals surface area contributed by atoms with E-state index in [1.165, 1.54) is 11.3 Å². The Morgan fingerprint density at radius 1 is 1.44 bits per heavy atom. The van der Waals surface area contributed by atoms with Crippen LogP contribution >= 0.6 is 23.1 Å². The molecule has 1 aliphatic rings. The molecule has 0 spiro atoms. The van der Waals surface area contributed by atoms with Gasteiger partial charge in [-0.3, -0.25) is 4.79 Å². The smallest absolute Gasteiger partial charge is 0.261 e. The second-order valence-electron chi connectivity index (χ2n) is 4.37. The Hall–Kier alpha value is -0.920. The van der Waals surface area contributed by atoms with Crippen LogP contribution in [0.3, 0.4) is 0 Å². The number of hydrogen-bond donors (Lipinski definition) is 3. The molecule has 18 heavy (non-hydrogen) atoms. The third kappa shape index (κ3) is 2.43. The van der Waals surface area contributed by atoms with Crippen LogP contribution in [0.4, 0.5) is 10.7 Å². The fraction of sp³-hybridized carbons (Fsp3) is 0.545. The molecule has 1 aromatic heterocycles. The second kappa shape index (κ2) is 5.38. The van der Waals surface area contributed by atoms with Crippen LogP contribution in [0, 0.1) is 0 Å². The van der Waals surface area contributed by atoms with E-state index >= 15 is 0 Å². The number of anilines is 2. The lowest BCUT2D eigenvalue weighted by Crippen LogP contribution is -2.39. The van der Waals surface area contributed by atoms with Gasteiger partial charge in [-0.1, -0.05) is 0 Å². The highest BCUT2D eigenvalue weighted by Crippen LogP contribution is 2.44. The summed E-state index contributed by atoms with van der Waals surface area (Å²) < 4.78 is 0. The first-order valence-corrected chi connectivity index (χ1v) is 7.85. The van der Waals surface area contributed by atoms with Crippen LogP contribution < -0.4 is 22.1 Å². The summed E-state index contributed by atoms with van der Waals surface area (Å²) in [5.41, 5.74) is 17.8. The number of amides is 1. The number of piperidine rings is 1. The molecule has 2 rings (SSSR count). The van der Waals surface area contributed by atoms with Gasteiger partial charge < -0.3 is 22.1 Å². The standard InChI is InChI=1S/C11H18N4OS2/c1-17-9-7(13)8(10(14)16)18-11(9)15-4-2-6(12)3-5-15/h6H,2-5,12-13H2,1H3,(H2,14,16). The predicted molar refractivity (Wildman–Crippen MR) is 78.5 cm³/mol. The number of nitrogen functional groups attached to an aromatic ring is 1. The van der Waals surface area contributed by atoms with Crippen LogP contribution in [0.2, 0.25) is 0 Å². The van der Waals surface area contributed by atoms with Gasteiger partial charge in [0.05, 0.1) is 10.6 Å². The molecular weight excluding hydrogens is 268 g/mol. The lowest BCUT2D eigenvalue weighted by atomic mass is 10.1. The third-order valence-electron chi connectivity index (χ3n) is 3.14. The van der Waals surface area contributed by atoms with Crippen molar-refractivity contribution in [3.8, 4) is 0 Å². The monoisotopic (exact) mass is 286 g/mol. The Bertz CT molecular complexity index is 452. The van der Waals surface area contributed by atoms with E-state index in [0.717, 1.165) is 35.8 Å². The van der Waals surface area contributed by atoms with Gasteiger partial charge in [-0.15, -0.1) is 23.1 Å². The maximum absolute atomic E-state index is 11.3. The third-order valence-corrected chi connectivity index (χ3v) is 5.37. The Morgan fingerprint density at radius 2 is 2.06 bits per heavy atom. The number of thiophene rings is 1. The van der Waals surface area contributed by atoms with Crippen LogP contribution in [0.1, 0.15) is 22.5 Å². The quantitative estimate of drug-likeness (QED) is 0.722. The number of thioether (sulfide) groups is 1. The number of nitrogens with zero attached hydrogens (tertiary/aromatic N) is 1. The molecule has 1 saturated heterocycles. The van der Waals surface area contributed by atoms with Gasteiger partial charge in [0.2, 0.25) is 0 Å². The molecule has 0 bridgehead atoms. The Morgan fingerprint density at radius 3 is 2.56 bits per heavy atom.